The lowest BCUT2D eigenvalue weighted by Gasteiger charge is -2.35. The Morgan fingerprint density at radius 3 is 2.25 bits per heavy atom. The van der Waals surface area contributed by atoms with E-state index in [0.717, 1.165) is 47.5 Å². The van der Waals surface area contributed by atoms with Gasteiger partial charge in [0.15, 0.2) is 0 Å². The molecule has 2 amide bonds. The Labute approximate surface area is 266 Å². The summed E-state index contributed by atoms with van der Waals surface area (Å²) in [6.45, 7) is 5.06. The van der Waals surface area contributed by atoms with Crippen molar-refractivity contribution in [3.63, 3.8) is 0 Å². The van der Waals surface area contributed by atoms with Crippen LogP contribution in [0.15, 0.2) is 71.6 Å². The molecule has 1 fully saturated rings. The van der Waals surface area contributed by atoms with Gasteiger partial charge in [0, 0.05) is 17.6 Å². The van der Waals surface area contributed by atoms with Gasteiger partial charge in [-0.15, -0.1) is 0 Å². The first kappa shape index (κ1) is 33.3. The van der Waals surface area contributed by atoms with Crippen LogP contribution in [-0.2, 0) is 26.2 Å². The van der Waals surface area contributed by atoms with Gasteiger partial charge in [0.1, 0.15) is 18.3 Å². The number of methoxy groups -OCH3 is 1. The first-order chi connectivity index (χ1) is 21.0. The summed E-state index contributed by atoms with van der Waals surface area (Å²) in [6.07, 6.45) is 5.44. The van der Waals surface area contributed by atoms with Crippen LogP contribution < -0.4 is 14.4 Å². The lowest BCUT2D eigenvalue weighted by atomic mass is 9.95. The molecule has 1 aliphatic carbocycles. The van der Waals surface area contributed by atoms with Gasteiger partial charge in [0.25, 0.3) is 10.0 Å². The van der Waals surface area contributed by atoms with Crippen molar-refractivity contribution in [3.05, 3.63) is 88.4 Å². The second-order valence-corrected chi connectivity index (χ2v) is 13.6. The van der Waals surface area contributed by atoms with Crippen molar-refractivity contribution < 1.29 is 22.7 Å². The minimum Gasteiger partial charge on any atom is -0.497 e. The molecular weight excluding hydrogens is 598 g/mol. The van der Waals surface area contributed by atoms with Crippen molar-refractivity contribution in [1.29, 1.82) is 0 Å². The molecule has 0 saturated heterocycles. The second-order valence-electron chi connectivity index (χ2n) is 11.3. The van der Waals surface area contributed by atoms with Crippen LogP contribution >= 0.6 is 11.6 Å². The number of benzene rings is 3. The number of rotatable bonds is 12. The summed E-state index contributed by atoms with van der Waals surface area (Å²) in [6, 6.07) is 18.0. The summed E-state index contributed by atoms with van der Waals surface area (Å²) in [5.74, 6) is -0.0600. The number of hydrogen-bond donors (Lipinski definition) is 1. The summed E-state index contributed by atoms with van der Waals surface area (Å²) in [4.78, 5) is 29.6. The molecule has 3 aromatic carbocycles. The summed E-state index contributed by atoms with van der Waals surface area (Å²) in [7, 11) is -2.61. The molecule has 0 spiro atoms. The second kappa shape index (κ2) is 14.9. The van der Waals surface area contributed by atoms with Crippen LogP contribution in [0.3, 0.4) is 0 Å². The van der Waals surface area contributed by atoms with E-state index in [1.165, 1.54) is 17.0 Å². The van der Waals surface area contributed by atoms with Crippen molar-refractivity contribution in [2.24, 2.45) is 0 Å². The highest BCUT2D eigenvalue weighted by atomic mass is 35.5. The number of aryl methyl sites for hydroxylation is 1. The van der Waals surface area contributed by atoms with Crippen LogP contribution in [-0.4, -0.2) is 50.9 Å². The molecule has 0 heterocycles. The molecule has 1 atom stereocenters. The molecule has 1 aliphatic rings. The molecule has 1 N–H and O–H groups in total. The first-order valence-electron chi connectivity index (χ1n) is 15.1. The zero-order valence-corrected chi connectivity index (χ0v) is 27.5. The minimum absolute atomic E-state index is 0.0547. The van der Waals surface area contributed by atoms with E-state index in [9.17, 15) is 18.0 Å². The monoisotopic (exact) mass is 639 g/mol. The molecule has 0 bridgehead atoms. The zero-order chi connectivity index (χ0) is 31.9. The van der Waals surface area contributed by atoms with Gasteiger partial charge in [-0.05, 0) is 80.6 Å². The van der Waals surface area contributed by atoms with E-state index in [4.69, 9.17) is 16.3 Å². The van der Waals surface area contributed by atoms with E-state index in [2.05, 4.69) is 5.32 Å². The molecule has 0 aliphatic heterocycles. The number of anilines is 1. The highest BCUT2D eigenvalue weighted by molar-refractivity contribution is 7.92. The van der Waals surface area contributed by atoms with Gasteiger partial charge in [-0.25, -0.2) is 8.42 Å². The SMILES string of the molecule is CCC(C(=O)NC1CCCCC1)N(Cc1ccc(OC)cc1)C(=O)CN(c1cccc(Cl)c1C)S(=O)(=O)c1ccc(C)cc1. The van der Waals surface area contributed by atoms with Gasteiger partial charge < -0.3 is 15.0 Å². The Hall–Kier alpha value is -3.56. The third kappa shape index (κ3) is 7.93. The third-order valence-corrected chi connectivity index (χ3v) is 10.4. The van der Waals surface area contributed by atoms with Gasteiger partial charge in [0.2, 0.25) is 11.8 Å². The number of sulfonamides is 1. The lowest BCUT2D eigenvalue weighted by Crippen LogP contribution is -2.54. The fourth-order valence-electron chi connectivity index (χ4n) is 5.61. The molecule has 4 rings (SSSR count). The average molecular weight is 640 g/mol. The van der Waals surface area contributed by atoms with Crippen molar-refractivity contribution >= 4 is 39.1 Å². The topological polar surface area (TPSA) is 96.0 Å². The number of nitrogens with zero attached hydrogens (tertiary/aromatic N) is 2. The van der Waals surface area contributed by atoms with E-state index >= 15 is 0 Å². The predicted octanol–water partition coefficient (Wildman–Crippen LogP) is 6.42. The Morgan fingerprint density at radius 2 is 1.64 bits per heavy atom. The summed E-state index contributed by atoms with van der Waals surface area (Å²) < 4.78 is 34.7. The van der Waals surface area contributed by atoms with E-state index in [1.807, 2.05) is 26.0 Å². The fourth-order valence-corrected chi connectivity index (χ4v) is 7.25. The molecule has 0 radical (unpaired) electrons. The van der Waals surface area contributed by atoms with Crippen LogP contribution in [0.4, 0.5) is 5.69 Å². The Bertz CT molecular complexity index is 1540. The maximum Gasteiger partial charge on any atom is 0.264 e. The molecule has 10 heteroatoms. The number of carbonyl (C=O) groups is 2. The highest BCUT2D eigenvalue weighted by Crippen LogP contribution is 2.31. The van der Waals surface area contributed by atoms with Crippen LogP contribution in [0.5, 0.6) is 5.75 Å². The van der Waals surface area contributed by atoms with Crippen molar-refractivity contribution in [3.8, 4) is 5.75 Å². The Kier molecular flexibility index (Phi) is 11.3. The van der Waals surface area contributed by atoms with Crippen LogP contribution in [0.25, 0.3) is 0 Å². The van der Waals surface area contributed by atoms with Gasteiger partial charge in [0.05, 0.1) is 17.7 Å². The van der Waals surface area contributed by atoms with Crippen LogP contribution in [0.1, 0.15) is 62.1 Å². The summed E-state index contributed by atoms with van der Waals surface area (Å²) in [5.41, 5.74) is 2.53. The predicted molar refractivity (Wildman–Crippen MR) is 175 cm³/mol. The standard InChI is InChI=1S/C34H42ClN3O5S/c1-5-31(34(40)36-27-10-7-6-8-11-27)37(22-26-16-18-28(43-4)19-17-26)33(39)23-38(32-13-9-12-30(35)25(32)3)44(41,42)29-20-14-24(2)15-21-29/h9,12-21,27,31H,5-8,10-11,22-23H2,1-4H3,(H,36,40). The lowest BCUT2D eigenvalue weighted by molar-refractivity contribution is -0.140. The number of halogens is 1. The summed E-state index contributed by atoms with van der Waals surface area (Å²) >= 11 is 6.43. The molecular formula is C34H42ClN3O5S. The van der Waals surface area contributed by atoms with Crippen molar-refractivity contribution in [2.45, 2.75) is 82.8 Å². The van der Waals surface area contributed by atoms with E-state index in [1.54, 1.807) is 56.5 Å². The molecule has 44 heavy (non-hydrogen) atoms. The Balaban J connectivity index is 1.73. The Morgan fingerprint density at radius 1 is 0.977 bits per heavy atom. The average Bonchev–Trinajstić information content (AvgIpc) is 3.02. The van der Waals surface area contributed by atoms with E-state index in [0.29, 0.717) is 28.4 Å². The third-order valence-electron chi connectivity index (χ3n) is 8.25. The largest absolute Gasteiger partial charge is 0.497 e. The maximum atomic E-state index is 14.4. The molecule has 3 aromatic rings. The van der Waals surface area contributed by atoms with E-state index < -0.39 is 28.5 Å². The number of carbonyl (C=O) groups excluding carboxylic acids is 2. The molecule has 8 nitrogen and oxygen atoms in total. The fraction of sp³-hybridized carbons (Fsp3) is 0.412. The number of amides is 2. The van der Waals surface area contributed by atoms with Gasteiger partial charge >= 0.3 is 0 Å². The quantitative estimate of drug-likeness (QED) is 0.247. The maximum absolute atomic E-state index is 14.4. The normalized spacial score (nSPS) is 14.5. The summed E-state index contributed by atoms with van der Waals surface area (Å²) in [5, 5.41) is 3.55. The molecule has 0 aromatic heterocycles. The number of hydrogen-bond acceptors (Lipinski definition) is 5. The molecule has 1 unspecified atom stereocenters. The van der Waals surface area contributed by atoms with Gasteiger partial charge in [-0.3, -0.25) is 13.9 Å². The van der Waals surface area contributed by atoms with Crippen molar-refractivity contribution in [1.82, 2.24) is 10.2 Å². The molecule has 236 valence electrons. The first-order valence-corrected chi connectivity index (χ1v) is 16.9. The van der Waals surface area contributed by atoms with Gasteiger partial charge in [-0.2, -0.15) is 0 Å². The minimum atomic E-state index is -4.19. The van der Waals surface area contributed by atoms with Crippen LogP contribution in [0, 0.1) is 13.8 Å². The van der Waals surface area contributed by atoms with Gasteiger partial charge in [-0.1, -0.05) is 73.7 Å². The smallest absolute Gasteiger partial charge is 0.264 e. The highest BCUT2D eigenvalue weighted by Gasteiger charge is 2.35. The van der Waals surface area contributed by atoms with Crippen LogP contribution in [0.2, 0.25) is 5.02 Å². The number of ether oxygens (including phenoxy) is 1. The molecule has 1 saturated carbocycles. The number of nitrogens with one attached hydrogen (secondary N) is 1. The van der Waals surface area contributed by atoms with E-state index in [-0.39, 0.29) is 23.4 Å². The zero-order valence-electron chi connectivity index (χ0n) is 25.9. The van der Waals surface area contributed by atoms with Crippen molar-refractivity contribution in [2.75, 3.05) is 18.0 Å².